The number of nitrogens with zero attached hydrogens (tertiary/aromatic N) is 1. The lowest BCUT2D eigenvalue weighted by Gasteiger charge is -2.30. The van der Waals surface area contributed by atoms with Crippen molar-refractivity contribution in [1.29, 1.82) is 0 Å². The summed E-state index contributed by atoms with van der Waals surface area (Å²) in [6, 6.07) is 0.755. The van der Waals surface area contributed by atoms with Crippen LogP contribution >= 0.6 is 0 Å². The van der Waals surface area contributed by atoms with Crippen molar-refractivity contribution in [1.82, 2.24) is 4.90 Å². The molecule has 0 aromatic rings. The fourth-order valence-corrected chi connectivity index (χ4v) is 1.61. The maximum Gasteiger partial charge on any atom is -0.0161 e. The Morgan fingerprint density at radius 2 is 2.22 bits per heavy atom. The number of rotatable bonds is 1. The lowest BCUT2D eigenvalue weighted by atomic mass is 10.0. The molecule has 1 nitrogen and oxygen atoms in total. The topological polar surface area (TPSA) is 3.24 Å². The van der Waals surface area contributed by atoms with Crippen molar-refractivity contribution in [3.8, 4) is 0 Å². The minimum absolute atomic E-state index is 0.755. The van der Waals surface area contributed by atoms with Gasteiger partial charge in [0.25, 0.3) is 0 Å². The third-order valence-corrected chi connectivity index (χ3v) is 2.18. The van der Waals surface area contributed by atoms with E-state index in [1.54, 1.807) is 0 Å². The summed E-state index contributed by atoms with van der Waals surface area (Å²) in [6.45, 7) is 5.74. The van der Waals surface area contributed by atoms with Crippen molar-refractivity contribution < 1.29 is 0 Å². The Morgan fingerprint density at radius 1 is 1.56 bits per heavy atom. The minimum Gasteiger partial charge on any atom is -0.456 e. The molecular weight excluding hydrogens is 110 g/mol. The molecule has 0 spiro atoms. The third kappa shape index (κ3) is 1.45. The highest BCUT2D eigenvalue weighted by atomic mass is 15.1. The Labute approximate surface area is 58.0 Å². The van der Waals surface area contributed by atoms with Crippen LogP contribution in [0.2, 0.25) is 0 Å². The van der Waals surface area contributed by atoms with Gasteiger partial charge >= 0.3 is 0 Å². The van der Waals surface area contributed by atoms with Gasteiger partial charge < -0.3 is 4.90 Å². The predicted molar refractivity (Wildman–Crippen MR) is 39.9 cm³/mol. The first-order valence-corrected chi connectivity index (χ1v) is 3.79. The molecule has 0 aromatic carbocycles. The van der Waals surface area contributed by atoms with E-state index in [0.717, 1.165) is 12.0 Å². The van der Waals surface area contributed by atoms with Crippen LogP contribution in [0.5, 0.6) is 0 Å². The number of hydrogen-bond donors (Lipinski definition) is 0. The van der Waals surface area contributed by atoms with E-state index in [0.29, 0.717) is 0 Å². The summed E-state index contributed by atoms with van der Waals surface area (Å²) in [5.74, 6) is 0.782. The second-order valence-corrected chi connectivity index (χ2v) is 3.27. The number of likely N-dealkylation sites (tertiary alicyclic amines) is 1. The standard InChI is InChI=1S/C8H16N/c1-7(2)8-5-4-6-9(8)3/h7-8H,3-6H2,1-2H3/q-1. The summed E-state index contributed by atoms with van der Waals surface area (Å²) in [7, 11) is 3.97. The van der Waals surface area contributed by atoms with Crippen LogP contribution in [-0.2, 0) is 0 Å². The molecule has 0 N–H and O–H groups in total. The molecular formula is C8H16N-. The molecule has 0 radical (unpaired) electrons. The largest absolute Gasteiger partial charge is 0.456 e. The molecule has 1 aliphatic heterocycles. The number of hydrogen-bond acceptors (Lipinski definition) is 1. The first-order valence-electron chi connectivity index (χ1n) is 3.79. The molecule has 1 heteroatoms. The average Bonchev–Trinajstić information content (AvgIpc) is 2.13. The van der Waals surface area contributed by atoms with Crippen LogP contribution in [-0.4, -0.2) is 17.5 Å². The average molecular weight is 126 g/mol. The molecule has 1 unspecified atom stereocenters. The van der Waals surface area contributed by atoms with Crippen molar-refractivity contribution in [3.63, 3.8) is 0 Å². The van der Waals surface area contributed by atoms with Crippen molar-refractivity contribution in [2.75, 3.05) is 6.54 Å². The van der Waals surface area contributed by atoms with Crippen LogP contribution in [0.4, 0.5) is 0 Å². The van der Waals surface area contributed by atoms with E-state index in [1.165, 1.54) is 19.4 Å². The molecule has 1 rings (SSSR count). The first-order chi connectivity index (χ1) is 4.22. The van der Waals surface area contributed by atoms with Gasteiger partial charge in [0, 0.05) is 0 Å². The Hall–Kier alpha value is -0.0400. The molecule has 1 atom stereocenters. The Balaban J connectivity index is 2.40. The zero-order valence-corrected chi connectivity index (χ0v) is 6.43. The van der Waals surface area contributed by atoms with Crippen molar-refractivity contribution in [3.05, 3.63) is 7.05 Å². The normalized spacial score (nSPS) is 30.0. The van der Waals surface area contributed by atoms with Crippen LogP contribution in [0.15, 0.2) is 0 Å². The quantitative estimate of drug-likeness (QED) is 0.485. The highest BCUT2D eigenvalue weighted by molar-refractivity contribution is 4.80. The van der Waals surface area contributed by atoms with Crippen LogP contribution < -0.4 is 0 Å². The molecule has 9 heavy (non-hydrogen) atoms. The van der Waals surface area contributed by atoms with Gasteiger partial charge in [0.15, 0.2) is 0 Å². The summed E-state index contributed by atoms with van der Waals surface area (Å²) in [6.07, 6.45) is 2.69. The van der Waals surface area contributed by atoms with Crippen molar-refractivity contribution in [2.45, 2.75) is 32.7 Å². The molecule has 1 aliphatic rings. The highest BCUT2D eigenvalue weighted by Crippen LogP contribution is 2.21. The zero-order chi connectivity index (χ0) is 6.85. The summed E-state index contributed by atoms with van der Waals surface area (Å²) < 4.78 is 0. The van der Waals surface area contributed by atoms with Gasteiger partial charge in [0.2, 0.25) is 0 Å². The fourth-order valence-electron chi connectivity index (χ4n) is 1.61. The summed E-state index contributed by atoms with van der Waals surface area (Å²) in [5.41, 5.74) is 0. The maximum atomic E-state index is 3.97. The molecule has 0 aromatic heterocycles. The van der Waals surface area contributed by atoms with E-state index in [1.807, 2.05) is 0 Å². The van der Waals surface area contributed by atoms with E-state index >= 15 is 0 Å². The van der Waals surface area contributed by atoms with Crippen LogP contribution in [0.3, 0.4) is 0 Å². The van der Waals surface area contributed by atoms with Crippen molar-refractivity contribution in [2.24, 2.45) is 5.92 Å². The molecule has 0 amide bonds. The molecule has 0 bridgehead atoms. The van der Waals surface area contributed by atoms with E-state index in [-0.39, 0.29) is 0 Å². The summed E-state index contributed by atoms with van der Waals surface area (Å²) in [4.78, 5) is 2.23. The van der Waals surface area contributed by atoms with Gasteiger partial charge in [0.1, 0.15) is 0 Å². The third-order valence-electron chi connectivity index (χ3n) is 2.18. The Morgan fingerprint density at radius 3 is 2.44 bits per heavy atom. The molecule has 1 saturated heterocycles. The minimum atomic E-state index is 0.755. The van der Waals surface area contributed by atoms with Crippen LogP contribution in [0.1, 0.15) is 26.7 Å². The Kier molecular flexibility index (Phi) is 2.12. The molecule has 1 heterocycles. The van der Waals surface area contributed by atoms with E-state index < -0.39 is 0 Å². The van der Waals surface area contributed by atoms with E-state index in [9.17, 15) is 0 Å². The maximum absolute atomic E-state index is 3.97. The zero-order valence-electron chi connectivity index (χ0n) is 6.43. The van der Waals surface area contributed by atoms with Crippen molar-refractivity contribution >= 4 is 0 Å². The van der Waals surface area contributed by atoms with Gasteiger partial charge in [0.05, 0.1) is 0 Å². The van der Waals surface area contributed by atoms with Crippen LogP contribution in [0, 0.1) is 13.0 Å². The van der Waals surface area contributed by atoms with Crippen LogP contribution in [0.25, 0.3) is 0 Å². The first kappa shape index (κ1) is 7.07. The van der Waals surface area contributed by atoms with E-state index in [2.05, 4.69) is 25.8 Å². The van der Waals surface area contributed by atoms with Gasteiger partial charge in [-0.2, -0.15) is 0 Å². The van der Waals surface area contributed by atoms with Gasteiger partial charge in [-0.1, -0.05) is 13.8 Å². The lowest BCUT2D eigenvalue weighted by Crippen LogP contribution is -2.27. The van der Waals surface area contributed by atoms with Gasteiger partial charge in [-0.25, -0.2) is 0 Å². The smallest absolute Gasteiger partial charge is 0.0161 e. The fraction of sp³-hybridized carbons (Fsp3) is 0.875. The Bertz CT molecular complexity index is 88.6. The molecule has 0 aliphatic carbocycles. The predicted octanol–water partition coefficient (Wildman–Crippen LogP) is 1.90. The second-order valence-electron chi connectivity index (χ2n) is 3.27. The second kappa shape index (κ2) is 2.70. The highest BCUT2D eigenvalue weighted by Gasteiger charge is 2.18. The summed E-state index contributed by atoms with van der Waals surface area (Å²) >= 11 is 0. The van der Waals surface area contributed by atoms with Gasteiger partial charge in [-0.3, -0.25) is 7.05 Å². The molecule has 0 saturated carbocycles. The van der Waals surface area contributed by atoms with Gasteiger partial charge in [-0.05, 0) is 31.3 Å². The molecule has 54 valence electrons. The lowest BCUT2D eigenvalue weighted by molar-refractivity contribution is 0.276. The SMILES string of the molecule is [CH2-]N1CCCC1C(C)C. The van der Waals surface area contributed by atoms with Gasteiger partial charge in [-0.15, -0.1) is 0 Å². The monoisotopic (exact) mass is 126 g/mol. The van der Waals surface area contributed by atoms with E-state index in [4.69, 9.17) is 0 Å². The molecule has 1 fully saturated rings. The summed E-state index contributed by atoms with van der Waals surface area (Å²) in [5, 5.41) is 0.